The molecule has 142 valence electrons. The molecule has 2 fully saturated rings. The molecule has 0 spiro atoms. The summed E-state index contributed by atoms with van der Waals surface area (Å²) in [5.74, 6) is 1.52. The zero-order chi connectivity index (χ0) is 18.4. The van der Waals surface area contributed by atoms with Crippen LogP contribution in [0.15, 0.2) is 24.4 Å². The molecule has 1 aromatic heterocycles. The lowest BCUT2D eigenvalue weighted by Crippen LogP contribution is -2.46. The number of hydrogen-bond acceptors (Lipinski definition) is 4. The van der Waals surface area contributed by atoms with E-state index in [9.17, 15) is 9.59 Å². The second-order valence-electron chi connectivity index (χ2n) is 7.49. The molecule has 6 heteroatoms. The highest BCUT2D eigenvalue weighted by Gasteiger charge is 2.27. The molecule has 0 bridgehead atoms. The van der Waals surface area contributed by atoms with Crippen molar-refractivity contribution >= 4 is 17.6 Å². The number of carbonyl (C=O) groups excluding carboxylic acids is 2. The van der Waals surface area contributed by atoms with Crippen LogP contribution in [0.25, 0.3) is 0 Å². The van der Waals surface area contributed by atoms with Crippen molar-refractivity contribution in [3.8, 4) is 0 Å². The summed E-state index contributed by atoms with van der Waals surface area (Å²) >= 11 is 0. The summed E-state index contributed by atoms with van der Waals surface area (Å²) in [6, 6.07) is 5.33. The lowest BCUT2D eigenvalue weighted by molar-refractivity contribution is -0.130. The van der Waals surface area contributed by atoms with Crippen molar-refractivity contribution in [1.82, 2.24) is 14.8 Å². The van der Waals surface area contributed by atoms with Crippen molar-refractivity contribution in [3.63, 3.8) is 0 Å². The maximum absolute atomic E-state index is 12.4. The van der Waals surface area contributed by atoms with Crippen LogP contribution in [0.3, 0.4) is 0 Å². The topological polar surface area (TPSA) is 65.5 Å². The molecule has 26 heavy (non-hydrogen) atoms. The van der Waals surface area contributed by atoms with E-state index in [0.717, 1.165) is 58.3 Å². The van der Waals surface area contributed by atoms with Gasteiger partial charge in [-0.15, -0.1) is 0 Å². The monoisotopic (exact) mass is 358 g/mol. The predicted molar refractivity (Wildman–Crippen MR) is 102 cm³/mol. The largest absolute Gasteiger partial charge is 0.343 e. The van der Waals surface area contributed by atoms with Gasteiger partial charge in [-0.1, -0.05) is 6.07 Å². The summed E-state index contributed by atoms with van der Waals surface area (Å²) in [5.41, 5.74) is 0. The quantitative estimate of drug-likeness (QED) is 0.849. The van der Waals surface area contributed by atoms with E-state index in [1.807, 2.05) is 24.0 Å². The van der Waals surface area contributed by atoms with Gasteiger partial charge in [0.2, 0.25) is 11.8 Å². The Kier molecular flexibility index (Phi) is 6.61. The van der Waals surface area contributed by atoms with Gasteiger partial charge in [0.05, 0.1) is 6.04 Å². The Balaban J connectivity index is 1.38. The highest BCUT2D eigenvalue weighted by molar-refractivity contribution is 5.93. The molecule has 2 saturated heterocycles. The number of pyridine rings is 1. The third-order valence-electron chi connectivity index (χ3n) is 5.72. The standard InChI is InChI=1S/C20H30N4O2/c1-16(20(26)22-18-6-2-3-11-21-18)23-14-9-17(10-15-23)7-8-19(25)24-12-4-5-13-24/h2-3,6,11,16-17H,4-5,7-10,12-15H2,1H3,(H,21,22,26)/t16-/m0/s1. The zero-order valence-electron chi connectivity index (χ0n) is 15.7. The van der Waals surface area contributed by atoms with Crippen LogP contribution in [-0.2, 0) is 9.59 Å². The molecule has 0 radical (unpaired) electrons. The molecule has 0 unspecified atom stereocenters. The third-order valence-corrected chi connectivity index (χ3v) is 5.72. The van der Waals surface area contributed by atoms with Gasteiger partial charge >= 0.3 is 0 Å². The van der Waals surface area contributed by atoms with Gasteiger partial charge < -0.3 is 10.2 Å². The maximum atomic E-state index is 12.4. The van der Waals surface area contributed by atoms with Crippen LogP contribution < -0.4 is 5.32 Å². The number of amides is 2. The summed E-state index contributed by atoms with van der Waals surface area (Å²) < 4.78 is 0. The van der Waals surface area contributed by atoms with Crippen molar-refractivity contribution in [2.75, 3.05) is 31.5 Å². The Labute approximate surface area is 156 Å². The van der Waals surface area contributed by atoms with Crippen molar-refractivity contribution in [2.24, 2.45) is 5.92 Å². The summed E-state index contributed by atoms with van der Waals surface area (Å²) in [4.78, 5) is 33.0. The molecule has 2 aliphatic heterocycles. The van der Waals surface area contributed by atoms with Gasteiger partial charge in [-0.2, -0.15) is 0 Å². The molecule has 1 N–H and O–H groups in total. The van der Waals surface area contributed by atoms with Gasteiger partial charge in [0, 0.05) is 25.7 Å². The number of carbonyl (C=O) groups is 2. The van der Waals surface area contributed by atoms with E-state index < -0.39 is 0 Å². The van der Waals surface area contributed by atoms with Crippen molar-refractivity contribution < 1.29 is 9.59 Å². The third kappa shape index (κ3) is 5.04. The summed E-state index contributed by atoms with van der Waals surface area (Å²) in [7, 11) is 0. The number of nitrogens with one attached hydrogen (secondary N) is 1. The normalized spacial score (nSPS) is 20.1. The van der Waals surface area contributed by atoms with Crippen molar-refractivity contribution in [1.29, 1.82) is 0 Å². The minimum atomic E-state index is -0.163. The van der Waals surface area contributed by atoms with Crippen LogP contribution in [0, 0.1) is 5.92 Å². The molecule has 0 aliphatic carbocycles. The molecule has 1 atom stereocenters. The number of aromatic nitrogens is 1. The van der Waals surface area contributed by atoms with Gasteiger partial charge in [-0.05, 0) is 70.2 Å². The first-order chi connectivity index (χ1) is 12.6. The zero-order valence-corrected chi connectivity index (χ0v) is 15.7. The summed E-state index contributed by atoms with van der Waals surface area (Å²) in [5, 5.41) is 2.88. The van der Waals surface area contributed by atoms with E-state index >= 15 is 0 Å². The van der Waals surface area contributed by atoms with Crippen LogP contribution in [0.2, 0.25) is 0 Å². The van der Waals surface area contributed by atoms with Crippen LogP contribution in [0.1, 0.15) is 45.4 Å². The molecule has 2 amide bonds. The second kappa shape index (κ2) is 9.12. The molecule has 0 aromatic carbocycles. The van der Waals surface area contributed by atoms with Gasteiger partial charge in [-0.25, -0.2) is 4.98 Å². The Morgan fingerprint density at radius 3 is 2.58 bits per heavy atom. The molecular formula is C20H30N4O2. The Morgan fingerprint density at radius 2 is 1.92 bits per heavy atom. The number of anilines is 1. The fourth-order valence-electron chi connectivity index (χ4n) is 3.91. The molecule has 1 aromatic rings. The van der Waals surface area contributed by atoms with E-state index in [-0.39, 0.29) is 11.9 Å². The predicted octanol–water partition coefficient (Wildman–Crippen LogP) is 2.52. The molecular weight excluding hydrogens is 328 g/mol. The average molecular weight is 358 g/mol. The van der Waals surface area contributed by atoms with Crippen molar-refractivity contribution in [2.45, 2.75) is 51.5 Å². The minimum Gasteiger partial charge on any atom is -0.343 e. The molecule has 6 nitrogen and oxygen atoms in total. The first-order valence-corrected chi connectivity index (χ1v) is 9.87. The fraction of sp³-hybridized carbons (Fsp3) is 0.650. The summed E-state index contributed by atoms with van der Waals surface area (Å²) in [6.07, 6.45) is 7.78. The SMILES string of the molecule is C[C@@H](C(=O)Nc1ccccn1)N1CCC(CCC(=O)N2CCCC2)CC1. The van der Waals surface area contributed by atoms with E-state index in [0.29, 0.717) is 24.1 Å². The average Bonchev–Trinajstić information content (AvgIpc) is 3.21. The first kappa shape index (κ1) is 18.8. The van der Waals surface area contributed by atoms with Gasteiger partial charge in [0.1, 0.15) is 5.82 Å². The van der Waals surface area contributed by atoms with Crippen LogP contribution in [0.5, 0.6) is 0 Å². The number of hydrogen-bond donors (Lipinski definition) is 1. The number of piperidine rings is 1. The van der Waals surface area contributed by atoms with Gasteiger partial charge in [-0.3, -0.25) is 14.5 Å². The molecule has 3 heterocycles. The molecule has 2 aliphatic rings. The minimum absolute atomic E-state index is 0.00800. The summed E-state index contributed by atoms with van der Waals surface area (Å²) in [6.45, 7) is 5.68. The highest BCUT2D eigenvalue weighted by Crippen LogP contribution is 2.24. The maximum Gasteiger partial charge on any atom is 0.242 e. The first-order valence-electron chi connectivity index (χ1n) is 9.87. The van der Waals surface area contributed by atoms with E-state index in [4.69, 9.17) is 0 Å². The van der Waals surface area contributed by atoms with E-state index in [2.05, 4.69) is 15.2 Å². The lowest BCUT2D eigenvalue weighted by Gasteiger charge is -2.35. The van der Waals surface area contributed by atoms with E-state index in [1.165, 1.54) is 0 Å². The van der Waals surface area contributed by atoms with Gasteiger partial charge in [0.15, 0.2) is 0 Å². The molecule has 3 rings (SSSR count). The second-order valence-corrected chi connectivity index (χ2v) is 7.49. The highest BCUT2D eigenvalue weighted by atomic mass is 16.2. The van der Waals surface area contributed by atoms with Crippen LogP contribution in [0.4, 0.5) is 5.82 Å². The number of likely N-dealkylation sites (tertiary alicyclic amines) is 2. The van der Waals surface area contributed by atoms with Gasteiger partial charge in [0.25, 0.3) is 0 Å². The number of rotatable bonds is 6. The van der Waals surface area contributed by atoms with Crippen molar-refractivity contribution in [3.05, 3.63) is 24.4 Å². The van der Waals surface area contributed by atoms with Crippen LogP contribution in [-0.4, -0.2) is 58.8 Å². The Morgan fingerprint density at radius 1 is 1.19 bits per heavy atom. The Hall–Kier alpha value is -1.95. The number of nitrogens with zero attached hydrogens (tertiary/aromatic N) is 3. The Bertz CT molecular complexity index is 593. The lowest BCUT2D eigenvalue weighted by atomic mass is 9.91. The van der Waals surface area contributed by atoms with E-state index in [1.54, 1.807) is 12.3 Å². The molecule has 0 saturated carbocycles. The smallest absolute Gasteiger partial charge is 0.242 e. The fourth-order valence-corrected chi connectivity index (χ4v) is 3.91. The van der Waals surface area contributed by atoms with Crippen LogP contribution >= 0.6 is 0 Å².